The molecule has 112 valence electrons. The van der Waals surface area contributed by atoms with Crippen LogP contribution in [0.5, 0.6) is 0 Å². The molecule has 3 aromatic rings. The van der Waals surface area contributed by atoms with Gasteiger partial charge in [-0.05, 0) is 30.3 Å². The van der Waals surface area contributed by atoms with Crippen LogP contribution >= 0.6 is 15.9 Å². The number of aromatic nitrogens is 2. The molecule has 0 atom stereocenters. The number of imidazole rings is 1. The first-order valence-electron chi connectivity index (χ1n) is 6.24. The smallest absolute Gasteiger partial charge is 0.198 e. The number of rotatable bonds is 2. The van der Waals surface area contributed by atoms with Gasteiger partial charge in [0.2, 0.25) is 0 Å². The SMILES string of the molecule is N=C(c1ccc(F)c2nc(N)[nH]c12)N(O)c1cccc(Br)c1. The number of anilines is 2. The first-order chi connectivity index (χ1) is 10.5. The average molecular weight is 364 g/mol. The summed E-state index contributed by atoms with van der Waals surface area (Å²) in [5, 5.41) is 19.1. The third kappa shape index (κ3) is 2.42. The number of amidine groups is 1. The van der Waals surface area contributed by atoms with Crippen molar-refractivity contribution in [3.05, 3.63) is 52.3 Å². The number of hydrogen-bond acceptors (Lipinski definition) is 4. The van der Waals surface area contributed by atoms with Gasteiger partial charge in [-0.2, -0.15) is 0 Å². The van der Waals surface area contributed by atoms with Crippen LogP contribution in [0, 0.1) is 11.2 Å². The third-order valence-corrected chi connectivity index (χ3v) is 3.63. The van der Waals surface area contributed by atoms with Gasteiger partial charge in [-0.15, -0.1) is 0 Å². The van der Waals surface area contributed by atoms with E-state index in [1.54, 1.807) is 24.3 Å². The van der Waals surface area contributed by atoms with E-state index in [2.05, 4.69) is 25.9 Å². The number of H-pyrrole nitrogens is 1. The Morgan fingerprint density at radius 2 is 2.14 bits per heavy atom. The van der Waals surface area contributed by atoms with Crippen LogP contribution < -0.4 is 10.8 Å². The third-order valence-electron chi connectivity index (χ3n) is 3.13. The topological polar surface area (TPSA) is 102 Å². The lowest BCUT2D eigenvalue weighted by molar-refractivity contribution is 0.312. The van der Waals surface area contributed by atoms with Crippen molar-refractivity contribution in [3.8, 4) is 0 Å². The van der Waals surface area contributed by atoms with Crippen LogP contribution in [0.4, 0.5) is 16.0 Å². The Hall–Kier alpha value is -2.45. The second kappa shape index (κ2) is 5.39. The lowest BCUT2D eigenvalue weighted by atomic mass is 10.1. The molecule has 3 rings (SSSR count). The zero-order valence-electron chi connectivity index (χ0n) is 11.1. The van der Waals surface area contributed by atoms with Crippen molar-refractivity contribution in [2.45, 2.75) is 0 Å². The van der Waals surface area contributed by atoms with E-state index in [0.29, 0.717) is 10.8 Å². The molecule has 0 amide bonds. The molecule has 1 aromatic heterocycles. The van der Waals surface area contributed by atoms with Crippen LogP contribution in [0.15, 0.2) is 40.9 Å². The zero-order valence-corrected chi connectivity index (χ0v) is 12.7. The number of halogens is 2. The molecule has 1 heterocycles. The molecule has 6 nitrogen and oxygen atoms in total. The number of hydrogen-bond donors (Lipinski definition) is 4. The Kier molecular flexibility index (Phi) is 3.55. The Balaban J connectivity index is 2.07. The quantitative estimate of drug-likeness (QED) is 0.318. The van der Waals surface area contributed by atoms with Crippen molar-refractivity contribution >= 4 is 44.4 Å². The summed E-state index contributed by atoms with van der Waals surface area (Å²) in [6, 6.07) is 9.38. The number of benzene rings is 2. The van der Waals surface area contributed by atoms with E-state index in [9.17, 15) is 9.60 Å². The maximum Gasteiger partial charge on any atom is 0.198 e. The second-order valence-electron chi connectivity index (χ2n) is 4.58. The van der Waals surface area contributed by atoms with E-state index in [4.69, 9.17) is 11.1 Å². The largest absolute Gasteiger partial charge is 0.369 e. The highest BCUT2D eigenvalue weighted by Gasteiger charge is 2.18. The molecule has 5 N–H and O–H groups in total. The summed E-state index contributed by atoms with van der Waals surface area (Å²) in [5.41, 5.74) is 6.51. The predicted octanol–water partition coefficient (Wildman–Crippen LogP) is 3.27. The Morgan fingerprint density at radius 1 is 1.36 bits per heavy atom. The standard InChI is InChI=1S/C14H11BrFN5O/c15-7-2-1-3-8(6-7)21(22)13(17)9-4-5-10(16)12-11(9)19-14(18)20-12/h1-6,17,22H,(H3,18,19,20). The fourth-order valence-electron chi connectivity index (χ4n) is 2.13. The van der Waals surface area contributed by atoms with E-state index in [0.717, 1.165) is 4.47 Å². The molecule has 0 spiro atoms. The summed E-state index contributed by atoms with van der Waals surface area (Å²) >= 11 is 3.30. The van der Waals surface area contributed by atoms with E-state index >= 15 is 0 Å². The molecule has 0 radical (unpaired) electrons. The molecule has 22 heavy (non-hydrogen) atoms. The monoisotopic (exact) mass is 363 g/mol. The number of hydroxylamine groups is 1. The number of aromatic amines is 1. The van der Waals surface area contributed by atoms with Gasteiger partial charge in [-0.1, -0.05) is 22.0 Å². The molecule has 0 aliphatic carbocycles. The van der Waals surface area contributed by atoms with Crippen LogP contribution in [-0.4, -0.2) is 21.0 Å². The van der Waals surface area contributed by atoms with Crippen molar-refractivity contribution in [3.63, 3.8) is 0 Å². The Morgan fingerprint density at radius 3 is 2.86 bits per heavy atom. The van der Waals surface area contributed by atoms with Crippen LogP contribution in [0.25, 0.3) is 11.0 Å². The maximum absolute atomic E-state index is 13.7. The van der Waals surface area contributed by atoms with Crippen molar-refractivity contribution < 1.29 is 9.60 Å². The van der Waals surface area contributed by atoms with Crippen molar-refractivity contribution in [1.29, 1.82) is 5.41 Å². The van der Waals surface area contributed by atoms with E-state index in [-0.39, 0.29) is 28.4 Å². The van der Waals surface area contributed by atoms with E-state index < -0.39 is 5.82 Å². The van der Waals surface area contributed by atoms with Crippen LogP contribution in [0.3, 0.4) is 0 Å². The van der Waals surface area contributed by atoms with Crippen molar-refractivity contribution in [1.82, 2.24) is 9.97 Å². The molecule has 8 heteroatoms. The van der Waals surface area contributed by atoms with Gasteiger partial charge < -0.3 is 10.7 Å². The first-order valence-corrected chi connectivity index (χ1v) is 7.04. The minimum atomic E-state index is -0.550. The number of fused-ring (bicyclic) bond motifs is 1. The highest BCUT2D eigenvalue weighted by atomic mass is 79.9. The van der Waals surface area contributed by atoms with E-state index in [1.165, 1.54) is 12.1 Å². The summed E-state index contributed by atoms with van der Waals surface area (Å²) in [7, 11) is 0. The molecule has 0 saturated heterocycles. The van der Waals surface area contributed by atoms with Gasteiger partial charge in [0.15, 0.2) is 17.6 Å². The van der Waals surface area contributed by atoms with Gasteiger partial charge in [-0.25, -0.2) is 14.4 Å². The van der Waals surface area contributed by atoms with Gasteiger partial charge in [0.05, 0.1) is 11.2 Å². The lowest BCUT2D eigenvalue weighted by Crippen LogP contribution is -2.27. The number of nitrogens with two attached hydrogens (primary N) is 1. The lowest BCUT2D eigenvalue weighted by Gasteiger charge is -2.18. The molecule has 0 bridgehead atoms. The van der Waals surface area contributed by atoms with Gasteiger partial charge in [0.1, 0.15) is 5.52 Å². The zero-order chi connectivity index (χ0) is 15.9. The van der Waals surface area contributed by atoms with Gasteiger partial charge in [-0.3, -0.25) is 10.6 Å². The molecular weight excluding hydrogens is 353 g/mol. The second-order valence-corrected chi connectivity index (χ2v) is 5.50. The molecular formula is C14H11BrFN5O. The van der Waals surface area contributed by atoms with Gasteiger partial charge in [0, 0.05) is 10.0 Å². The van der Waals surface area contributed by atoms with Gasteiger partial charge >= 0.3 is 0 Å². The highest BCUT2D eigenvalue weighted by Crippen LogP contribution is 2.25. The normalized spacial score (nSPS) is 10.9. The number of nitrogens with zero attached hydrogens (tertiary/aromatic N) is 2. The van der Waals surface area contributed by atoms with Gasteiger partial charge in [0.25, 0.3) is 0 Å². The van der Waals surface area contributed by atoms with Crippen molar-refractivity contribution in [2.24, 2.45) is 0 Å². The molecule has 0 unspecified atom stereocenters. The molecule has 2 aromatic carbocycles. The number of nitrogen functional groups attached to an aromatic ring is 1. The van der Waals surface area contributed by atoms with Crippen LogP contribution in [0.1, 0.15) is 5.56 Å². The molecule has 0 aliphatic rings. The minimum Gasteiger partial charge on any atom is -0.369 e. The fourth-order valence-corrected chi connectivity index (χ4v) is 2.51. The maximum atomic E-state index is 13.7. The van der Waals surface area contributed by atoms with Crippen LogP contribution in [0.2, 0.25) is 0 Å². The minimum absolute atomic E-state index is 0.0300. The summed E-state index contributed by atoms with van der Waals surface area (Å²) in [5.74, 6) is -0.737. The molecule has 0 aliphatic heterocycles. The fraction of sp³-hybridized carbons (Fsp3) is 0. The Labute approximate surface area is 133 Å². The molecule has 0 saturated carbocycles. The summed E-state index contributed by atoms with van der Waals surface area (Å²) < 4.78 is 14.5. The summed E-state index contributed by atoms with van der Waals surface area (Å²) in [6.45, 7) is 0. The first kappa shape index (κ1) is 14.5. The summed E-state index contributed by atoms with van der Waals surface area (Å²) in [4.78, 5) is 6.55. The number of nitrogens with one attached hydrogen (secondary N) is 2. The van der Waals surface area contributed by atoms with Crippen LogP contribution in [-0.2, 0) is 0 Å². The predicted molar refractivity (Wildman–Crippen MR) is 85.7 cm³/mol. The average Bonchev–Trinajstić information content (AvgIpc) is 2.88. The Bertz CT molecular complexity index is 879. The van der Waals surface area contributed by atoms with Crippen molar-refractivity contribution in [2.75, 3.05) is 10.8 Å². The highest BCUT2D eigenvalue weighted by molar-refractivity contribution is 9.10. The van der Waals surface area contributed by atoms with E-state index in [1.807, 2.05) is 0 Å². The summed E-state index contributed by atoms with van der Waals surface area (Å²) in [6.07, 6.45) is 0. The molecule has 0 fully saturated rings.